The molecule has 0 radical (unpaired) electrons. The molecule has 0 saturated carbocycles. The van der Waals surface area contributed by atoms with Crippen LogP contribution in [0.15, 0.2) is 35.7 Å². The molecule has 0 atom stereocenters. The third-order valence-corrected chi connectivity index (χ3v) is 3.69. The van der Waals surface area contributed by atoms with E-state index in [1.165, 1.54) is 11.3 Å². The quantitative estimate of drug-likeness (QED) is 0.775. The number of aromatic carboxylic acids is 1. The van der Waals surface area contributed by atoms with E-state index in [-0.39, 0.29) is 5.69 Å². The first-order chi connectivity index (χ1) is 9.13. The summed E-state index contributed by atoms with van der Waals surface area (Å²) >= 11 is 1.33. The van der Waals surface area contributed by atoms with E-state index in [4.69, 9.17) is 5.11 Å². The predicted octanol–water partition coefficient (Wildman–Crippen LogP) is 3.36. The molecule has 94 valence electrons. The van der Waals surface area contributed by atoms with Crippen molar-refractivity contribution >= 4 is 28.2 Å². The Bertz CT molecular complexity index is 780. The van der Waals surface area contributed by atoms with Crippen LogP contribution in [0.25, 0.3) is 21.5 Å². The fourth-order valence-corrected chi connectivity index (χ4v) is 2.66. The molecule has 1 aromatic carbocycles. The van der Waals surface area contributed by atoms with Crippen LogP contribution in [0.5, 0.6) is 0 Å². The Labute approximate surface area is 113 Å². The van der Waals surface area contributed by atoms with E-state index in [1.807, 2.05) is 37.3 Å². The van der Waals surface area contributed by atoms with Gasteiger partial charge in [0.1, 0.15) is 5.01 Å². The lowest BCUT2D eigenvalue weighted by molar-refractivity contribution is 0.0691. The summed E-state index contributed by atoms with van der Waals surface area (Å²) in [6.45, 7) is 1.95. The Morgan fingerprint density at radius 3 is 2.79 bits per heavy atom. The number of rotatable bonds is 2. The first-order valence-corrected chi connectivity index (χ1v) is 6.58. The second-order valence-corrected chi connectivity index (χ2v) is 5.06. The molecule has 3 aromatic rings. The van der Waals surface area contributed by atoms with Crippen molar-refractivity contribution in [3.05, 3.63) is 47.1 Å². The third kappa shape index (κ3) is 2.20. The molecule has 0 aliphatic rings. The van der Waals surface area contributed by atoms with Gasteiger partial charge in [-0.05, 0) is 31.2 Å². The summed E-state index contributed by atoms with van der Waals surface area (Å²) in [5.41, 5.74) is 2.90. The van der Waals surface area contributed by atoms with Crippen LogP contribution in [-0.2, 0) is 0 Å². The summed E-state index contributed by atoms with van der Waals surface area (Å²) in [6.07, 6.45) is 0. The highest BCUT2D eigenvalue weighted by atomic mass is 32.1. The summed E-state index contributed by atoms with van der Waals surface area (Å²) in [6, 6.07) is 9.79. The van der Waals surface area contributed by atoms with Crippen LogP contribution in [0, 0.1) is 6.92 Å². The summed E-state index contributed by atoms with van der Waals surface area (Å²) in [5, 5.41) is 12.2. The molecule has 1 N–H and O–H groups in total. The van der Waals surface area contributed by atoms with Crippen molar-refractivity contribution in [3.8, 4) is 10.6 Å². The molecule has 19 heavy (non-hydrogen) atoms. The number of fused-ring (bicyclic) bond motifs is 1. The Hall–Kier alpha value is -2.27. The third-order valence-electron chi connectivity index (χ3n) is 2.80. The Morgan fingerprint density at radius 1 is 1.21 bits per heavy atom. The monoisotopic (exact) mass is 270 g/mol. The fourth-order valence-electron chi connectivity index (χ4n) is 1.87. The van der Waals surface area contributed by atoms with Crippen LogP contribution >= 0.6 is 11.3 Å². The van der Waals surface area contributed by atoms with Gasteiger partial charge in [0.2, 0.25) is 0 Å². The largest absolute Gasteiger partial charge is 0.476 e. The number of carboxylic acids is 1. The molecule has 4 nitrogen and oxygen atoms in total. The molecule has 0 fully saturated rings. The van der Waals surface area contributed by atoms with Crippen LogP contribution in [0.1, 0.15) is 16.2 Å². The van der Waals surface area contributed by atoms with Gasteiger partial charge in [0.15, 0.2) is 5.69 Å². The summed E-state index contributed by atoms with van der Waals surface area (Å²) in [5.74, 6) is -0.999. The van der Waals surface area contributed by atoms with Crippen molar-refractivity contribution < 1.29 is 9.90 Å². The summed E-state index contributed by atoms with van der Waals surface area (Å²) in [7, 11) is 0. The average molecular weight is 270 g/mol. The molecule has 0 bridgehead atoms. The smallest absolute Gasteiger partial charge is 0.355 e. The number of hydrogen-bond donors (Lipinski definition) is 1. The van der Waals surface area contributed by atoms with E-state index < -0.39 is 5.97 Å². The topological polar surface area (TPSA) is 63.1 Å². The van der Waals surface area contributed by atoms with Gasteiger partial charge in [0.25, 0.3) is 0 Å². The van der Waals surface area contributed by atoms with Crippen LogP contribution in [0.2, 0.25) is 0 Å². The fraction of sp³-hybridized carbons (Fsp3) is 0.0714. The van der Waals surface area contributed by atoms with E-state index >= 15 is 0 Å². The number of thiazole rings is 1. The minimum Gasteiger partial charge on any atom is -0.476 e. The van der Waals surface area contributed by atoms with Gasteiger partial charge in [-0.25, -0.2) is 9.78 Å². The maximum atomic E-state index is 10.8. The number of aryl methyl sites for hydroxylation is 1. The number of nitrogens with zero attached hydrogens (tertiary/aromatic N) is 2. The number of pyridine rings is 1. The van der Waals surface area contributed by atoms with Crippen LogP contribution in [-0.4, -0.2) is 21.0 Å². The molecule has 0 aliphatic carbocycles. The Balaban J connectivity index is 2.09. The Kier molecular flexibility index (Phi) is 2.76. The van der Waals surface area contributed by atoms with Gasteiger partial charge in [-0.15, -0.1) is 11.3 Å². The standard InChI is InChI=1S/C14H10N2O2S/c1-8-2-3-9-6-10(4-5-11(9)15-8)13-16-12(7-19-13)14(17)18/h2-7H,1H3,(H,17,18). The lowest BCUT2D eigenvalue weighted by Gasteiger charge is -2.01. The van der Waals surface area contributed by atoms with Crippen molar-refractivity contribution in [2.24, 2.45) is 0 Å². The lowest BCUT2D eigenvalue weighted by Crippen LogP contribution is -1.95. The minimum atomic E-state index is -0.999. The first kappa shape index (κ1) is 11.8. The molecule has 2 heterocycles. The van der Waals surface area contributed by atoms with E-state index in [0.29, 0.717) is 5.01 Å². The average Bonchev–Trinajstić information content (AvgIpc) is 2.88. The summed E-state index contributed by atoms with van der Waals surface area (Å²) in [4.78, 5) is 19.4. The zero-order valence-corrected chi connectivity index (χ0v) is 10.9. The molecule has 0 spiro atoms. The van der Waals surface area contributed by atoms with Crippen LogP contribution in [0.3, 0.4) is 0 Å². The van der Waals surface area contributed by atoms with E-state index in [0.717, 1.165) is 22.2 Å². The number of hydrogen-bond acceptors (Lipinski definition) is 4. The maximum absolute atomic E-state index is 10.8. The molecule has 0 aliphatic heterocycles. The van der Waals surface area contributed by atoms with Crippen molar-refractivity contribution in [1.29, 1.82) is 0 Å². The number of aromatic nitrogens is 2. The molecule has 0 amide bonds. The zero-order valence-electron chi connectivity index (χ0n) is 10.1. The number of carbonyl (C=O) groups is 1. The van der Waals surface area contributed by atoms with E-state index in [9.17, 15) is 4.79 Å². The number of carboxylic acid groups (broad SMARTS) is 1. The Morgan fingerprint density at radius 2 is 2.05 bits per heavy atom. The normalized spacial score (nSPS) is 10.8. The molecular formula is C14H10N2O2S. The maximum Gasteiger partial charge on any atom is 0.355 e. The first-order valence-electron chi connectivity index (χ1n) is 5.70. The van der Waals surface area contributed by atoms with Crippen molar-refractivity contribution in [3.63, 3.8) is 0 Å². The van der Waals surface area contributed by atoms with Crippen molar-refractivity contribution in [1.82, 2.24) is 9.97 Å². The molecule has 5 heteroatoms. The number of benzene rings is 1. The van der Waals surface area contributed by atoms with Gasteiger partial charge in [-0.2, -0.15) is 0 Å². The highest BCUT2D eigenvalue weighted by molar-refractivity contribution is 7.13. The SMILES string of the molecule is Cc1ccc2cc(-c3nc(C(=O)O)cs3)ccc2n1. The minimum absolute atomic E-state index is 0.0853. The second-order valence-electron chi connectivity index (χ2n) is 4.20. The molecule has 2 aromatic heterocycles. The van der Waals surface area contributed by atoms with Gasteiger partial charge in [-0.3, -0.25) is 4.98 Å². The zero-order chi connectivity index (χ0) is 13.4. The van der Waals surface area contributed by atoms with Crippen molar-refractivity contribution in [2.75, 3.05) is 0 Å². The molecule has 0 saturated heterocycles. The van der Waals surface area contributed by atoms with Crippen LogP contribution < -0.4 is 0 Å². The molecular weight excluding hydrogens is 260 g/mol. The van der Waals surface area contributed by atoms with Gasteiger partial charge < -0.3 is 5.11 Å². The molecule has 3 rings (SSSR count). The van der Waals surface area contributed by atoms with Gasteiger partial charge in [0, 0.05) is 22.0 Å². The lowest BCUT2D eigenvalue weighted by atomic mass is 10.1. The highest BCUT2D eigenvalue weighted by Gasteiger charge is 2.10. The van der Waals surface area contributed by atoms with Crippen LogP contribution in [0.4, 0.5) is 0 Å². The van der Waals surface area contributed by atoms with Gasteiger partial charge in [0.05, 0.1) is 5.52 Å². The predicted molar refractivity (Wildman–Crippen MR) is 74.5 cm³/mol. The summed E-state index contributed by atoms with van der Waals surface area (Å²) < 4.78 is 0. The van der Waals surface area contributed by atoms with E-state index in [2.05, 4.69) is 9.97 Å². The van der Waals surface area contributed by atoms with Gasteiger partial charge in [-0.1, -0.05) is 6.07 Å². The van der Waals surface area contributed by atoms with Gasteiger partial charge >= 0.3 is 5.97 Å². The van der Waals surface area contributed by atoms with Crippen molar-refractivity contribution in [2.45, 2.75) is 6.92 Å². The second kappa shape index (κ2) is 4.44. The highest BCUT2D eigenvalue weighted by Crippen LogP contribution is 2.26. The molecule has 0 unspecified atom stereocenters. The van der Waals surface area contributed by atoms with E-state index in [1.54, 1.807) is 5.38 Å².